The molecule has 2 aromatic carbocycles. The molecule has 1 aromatic heterocycles. The molecule has 1 aliphatic rings. The van der Waals surface area contributed by atoms with Crippen LogP contribution in [0.1, 0.15) is 42.9 Å². The van der Waals surface area contributed by atoms with Crippen LogP contribution in [0.3, 0.4) is 0 Å². The number of rotatable bonds is 3. The molecule has 0 spiro atoms. The van der Waals surface area contributed by atoms with Gasteiger partial charge in [-0.25, -0.2) is 4.39 Å². The number of aromatic amines is 1. The fourth-order valence-electron chi connectivity index (χ4n) is 4.50. The van der Waals surface area contributed by atoms with Crippen molar-refractivity contribution >= 4 is 28.2 Å². The van der Waals surface area contributed by atoms with Gasteiger partial charge in [0, 0.05) is 27.7 Å². The second kappa shape index (κ2) is 7.67. The van der Waals surface area contributed by atoms with Crippen molar-refractivity contribution in [1.29, 1.82) is 0 Å². The number of H-pyrrole nitrogens is 1. The van der Waals surface area contributed by atoms with E-state index >= 15 is 0 Å². The number of alkyl halides is 3. The maximum Gasteiger partial charge on any atom is 0.419 e. The summed E-state index contributed by atoms with van der Waals surface area (Å²) >= 11 is 6.04. The third-order valence-electron chi connectivity index (χ3n) is 6.00. The smallest absolute Gasteiger partial charge is 0.419 e. The zero-order valence-corrected chi connectivity index (χ0v) is 17.5. The number of pyridine rings is 1. The van der Waals surface area contributed by atoms with Gasteiger partial charge in [-0.15, -0.1) is 0 Å². The second-order valence-electron chi connectivity index (χ2n) is 7.97. The van der Waals surface area contributed by atoms with Gasteiger partial charge < -0.3 is 20.5 Å². The summed E-state index contributed by atoms with van der Waals surface area (Å²) in [6, 6.07) is 5.22. The minimum Gasteiger partial charge on any atom is -0.508 e. The van der Waals surface area contributed by atoms with Crippen LogP contribution >= 0.6 is 11.6 Å². The van der Waals surface area contributed by atoms with Crippen LogP contribution in [0.15, 0.2) is 41.2 Å². The summed E-state index contributed by atoms with van der Waals surface area (Å²) in [5.74, 6) is -1.86. The molecule has 0 fully saturated rings. The normalized spacial score (nSPS) is 23.2. The van der Waals surface area contributed by atoms with Crippen LogP contribution in [0.25, 0.3) is 10.9 Å². The highest BCUT2D eigenvalue weighted by atomic mass is 35.5. The SMILES string of the molecule is CC[C@@H]1C[C@](O)(C(F)(F)F)[C@@H](Nc2cc(F)cc3[nH]c(=O)ccc23)c2cc(Cl)cc(O)c21. The van der Waals surface area contributed by atoms with Crippen LogP contribution < -0.4 is 10.9 Å². The van der Waals surface area contributed by atoms with E-state index in [0.29, 0.717) is 0 Å². The Kier molecular flexibility index (Phi) is 5.37. The van der Waals surface area contributed by atoms with Crippen molar-refractivity contribution in [3.63, 3.8) is 0 Å². The van der Waals surface area contributed by atoms with Gasteiger partial charge in [-0.3, -0.25) is 4.79 Å². The number of halogens is 5. The van der Waals surface area contributed by atoms with E-state index in [-0.39, 0.29) is 44.9 Å². The Morgan fingerprint density at radius 2 is 1.97 bits per heavy atom. The first kappa shape index (κ1) is 22.4. The van der Waals surface area contributed by atoms with Crippen molar-refractivity contribution < 1.29 is 27.8 Å². The van der Waals surface area contributed by atoms with Crippen LogP contribution in [0.5, 0.6) is 5.75 Å². The third kappa shape index (κ3) is 3.59. The van der Waals surface area contributed by atoms with Gasteiger partial charge in [0.15, 0.2) is 5.60 Å². The number of benzene rings is 2. The average molecular weight is 471 g/mol. The molecule has 0 saturated carbocycles. The lowest BCUT2D eigenvalue weighted by Gasteiger charge is -2.46. The summed E-state index contributed by atoms with van der Waals surface area (Å²) in [5, 5.41) is 24.3. The molecular weight excluding hydrogens is 452 g/mol. The van der Waals surface area contributed by atoms with Crippen LogP contribution in [0.2, 0.25) is 5.02 Å². The van der Waals surface area contributed by atoms with E-state index in [1.54, 1.807) is 6.92 Å². The standard InChI is InChI=1S/C22H19ClF4N2O3/c1-2-10-9-21(32,22(25,26)27)20(14-5-11(23)6-17(30)19(10)14)29-16-8-12(24)7-15-13(16)3-4-18(31)28-15/h3-8,10,20,29-30,32H,2,9H2,1H3,(H,28,31)/t10-,20+,21-/m1/s1. The molecule has 0 saturated heterocycles. The highest BCUT2D eigenvalue weighted by Gasteiger charge is 2.62. The molecule has 3 atom stereocenters. The molecular formula is C22H19ClF4N2O3. The van der Waals surface area contributed by atoms with Crippen LogP contribution in [0, 0.1) is 5.82 Å². The van der Waals surface area contributed by atoms with Gasteiger partial charge >= 0.3 is 6.18 Å². The largest absolute Gasteiger partial charge is 0.508 e. The van der Waals surface area contributed by atoms with Crippen molar-refractivity contribution in [3.05, 3.63) is 68.7 Å². The fourth-order valence-corrected chi connectivity index (χ4v) is 4.72. The van der Waals surface area contributed by atoms with Gasteiger partial charge in [-0.05, 0) is 54.7 Å². The van der Waals surface area contributed by atoms with Gasteiger partial charge in [0.2, 0.25) is 5.56 Å². The Hall–Kier alpha value is -2.78. The van der Waals surface area contributed by atoms with E-state index in [4.69, 9.17) is 11.6 Å². The molecule has 1 aliphatic carbocycles. The van der Waals surface area contributed by atoms with E-state index in [1.165, 1.54) is 18.2 Å². The van der Waals surface area contributed by atoms with Crippen LogP contribution in [-0.4, -0.2) is 27.0 Å². The van der Waals surface area contributed by atoms with E-state index in [1.807, 2.05) is 0 Å². The van der Waals surface area contributed by atoms with Crippen molar-refractivity contribution in [2.75, 3.05) is 5.32 Å². The molecule has 10 heteroatoms. The molecule has 5 nitrogen and oxygen atoms in total. The zero-order valence-electron chi connectivity index (χ0n) is 16.7. The molecule has 4 rings (SSSR count). The van der Waals surface area contributed by atoms with Gasteiger partial charge in [-0.1, -0.05) is 18.5 Å². The van der Waals surface area contributed by atoms with E-state index < -0.39 is 41.5 Å². The quantitative estimate of drug-likeness (QED) is 0.388. The number of fused-ring (bicyclic) bond motifs is 2. The molecule has 32 heavy (non-hydrogen) atoms. The lowest BCUT2D eigenvalue weighted by Crippen LogP contribution is -2.55. The summed E-state index contributed by atoms with van der Waals surface area (Å²) in [6.45, 7) is 1.66. The van der Waals surface area contributed by atoms with E-state index in [9.17, 15) is 32.6 Å². The summed E-state index contributed by atoms with van der Waals surface area (Å²) < 4.78 is 56.9. The Morgan fingerprint density at radius 1 is 1.25 bits per heavy atom. The molecule has 170 valence electrons. The fraction of sp³-hybridized carbons (Fsp3) is 0.318. The number of hydrogen-bond acceptors (Lipinski definition) is 4. The number of nitrogens with one attached hydrogen (secondary N) is 2. The molecule has 0 radical (unpaired) electrons. The number of aromatic hydroxyl groups is 1. The number of phenols is 1. The first-order valence-corrected chi connectivity index (χ1v) is 10.2. The van der Waals surface area contributed by atoms with Crippen molar-refractivity contribution in [2.45, 2.75) is 43.5 Å². The summed E-state index contributed by atoms with van der Waals surface area (Å²) in [7, 11) is 0. The molecule has 1 heterocycles. The number of hydrogen-bond donors (Lipinski definition) is 4. The third-order valence-corrected chi connectivity index (χ3v) is 6.22. The van der Waals surface area contributed by atoms with E-state index in [0.717, 1.165) is 18.2 Å². The second-order valence-corrected chi connectivity index (χ2v) is 8.41. The first-order valence-electron chi connectivity index (χ1n) is 9.85. The van der Waals surface area contributed by atoms with Gasteiger partial charge in [0.05, 0.1) is 11.6 Å². The Morgan fingerprint density at radius 3 is 2.62 bits per heavy atom. The number of aliphatic hydroxyl groups is 1. The van der Waals surface area contributed by atoms with Crippen molar-refractivity contribution in [3.8, 4) is 5.75 Å². The molecule has 0 aliphatic heterocycles. The molecule has 0 amide bonds. The Labute approximate surface area is 184 Å². The number of phenolic OH excluding ortho intramolecular Hbond substituents is 1. The van der Waals surface area contributed by atoms with Crippen LogP contribution in [-0.2, 0) is 0 Å². The summed E-state index contributed by atoms with van der Waals surface area (Å²) in [4.78, 5) is 14.0. The van der Waals surface area contributed by atoms with Crippen molar-refractivity contribution in [2.24, 2.45) is 0 Å². The maximum absolute atomic E-state index is 14.2. The number of aromatic nitrogens is 1. The van der Waals surface area contributed by atoms with Gasteiger partial charge in [0.1, 0.15) is 11.6 Å². The maximum atomic E-state index is 14.2. The predicted octanol–water partition coefficient (Wildman–Crippen LogP) is 5.37. The lowest BCUT2D eigenvalue weighted by molar-refractivity contribution is -0.272. The average Bonchev–Trinajstić information content (AvgIpc) is 2.68. The molecule has 3 aromatic rings. The highest BCUT2D eigenvalue weighted by Crippen LogP contribution is 2.55. The topological polar surface area (TPSA) is 85.4 Å². The van der Waals surface area contributed by atoms with E-state index in [2.05, 4.69) is 10.3 Å². The summed E-state index contributed by atoms with van der Waals surface area (Å²) in [5.41, 5.74) is -3.52. The monoisotopic (exact) mass is 470 g/mol. The Balaban J connectivity index is 1.97. The summed E-state index contributed by atoms with van der Waals surface area (Å²) in [6.07, 6.45) is -5.53. The zero-order chi connectivity index (χ0) is 23.4. The number of anilines is 1. The minimum atomic E-state index is -5.05. The van der Waals surface area contributed by atoms with Gasteiger partial charge in [-0.2, -0.15) is 13.2 Å². The molecule has 0 bridgehead atoms. The minimum absolute atomic E-state index is 0.0113. The van der Waals surface area contributed by atoms with Crippen LogP contribution in [0.4, 0.5) is 23.2 Å². The molecule has 0 unspecified atom stereocenters. The lowest BCUT2D eigenvalue weighted by atomic mass is 9.69. The predicted molar refractivity (Wildman–Crippen MR) is 113 cm³/mol. The van der Waals surface area contributed by atoms with Crippen molar-refractivity contribution in [1.82, 2.24) is 4.98 Å². The molecule has 4 N–H and O–H groups in total. The highest BCUT2D eigenvalue weighted by molar-refractivity contribution is 6.30. The Bertz CT molecular complexity index is 1260. The first-order chi connectivity index (χ1) is 14.9. The van der Waals surface area contributed by atoms with Gasteiger partial charge in [0.25, 0.3) is 0 Å².